The minimum Gasteiger partial charge on any atom is -0.397 e. The number of nitrogens with one attached hydrogen (secondary N) is 1. The number of nitriles is 1. The number of anilines is 3. The van der Waals surface area contributed by atoms with Crippen LogP contribution in [0.25, 0.3) is 0 Å². The van der Waals surface area contributed by atoms with Gasteiger partial charge < -0.3 is 16.0 Å². The molecule has 0 radical (unpaired) electrons. The summed E-state index contributed by atoms with van der Waals surface area (Å²) in [6.45, 7) is 5.30. The molecular weight excluding hydrogens is 240 g/mol. The van der Waals surface area contributed by atoms with Crippen molar-refractivity contribution in [1.29, 1.82) is 5.26 Å². The van der Waals surface area contributed by atoms with Gasteiger partial charge in [-0.2, -0.15) is 5.26 Å². The number of rotatable bonds is 4. The van der Waals surface area contributed by atoms with Crippen molar-refractivity contribution in [3.63, 3.8) is 0 Å². The average molecular weight is 258 g/mol. The zero-order valence-corrected chi connectivity index (χ0v) is 11.2. The summed E-state index contributed by atoms with van der Waals surface area (Å²) in [6, 6.07) is 5.98. The topological polar surface area (TPSA) is 82.2 Å². The van der Waals surface area contributed by atoms with Crippen molar-refractivity contribution in [2.45, 2.75) is 20.3 Å². The summed E-state index contributed by atoms with van der Waals surface area (Å²) in [5.74, 6) is -0.0674. The molecule has 0 saturated heterocycles. The van der Waals surface area contributed by atoms with Crippen LogP contribution in [0, 0.1) is 17.2 Å². The Labute approximate surface area is 113 Å². The molecule has 0 aliphatic carbocycles. The Morgan fingerprint density at radius 1 is 1.58 bits per heavy atom. The largest absolute Gasteiger partial charge is 0.397 e. The summed E-state index contributed by atoms with van der Waals surface area (Å²) in [5, 5.41) is 11.7. The van der Waals surface area contributed by atoms with Crippen molar-refractivity contribution < 1.29 is 4.79 Å². The number of hydrogen-bond acceptors (Lipinski definition) is 4. The zero-order chi connectivity index (χ0) is 14.0. The Kier molecular flexibility index (Phi) is 3.61. The van der Waals surface area contributed by atoms with Crippen LogP contribution >= 0.6 is 0 Å². The normalized spacial score (nSPS) is 14.5. The second-order valence-corrected chi connectivity index (χ2v) is 4.86. The molecule has 1 aliphatic heterocycles. The molecule has 5 heteroatoms. The molecule has 1 atom stereocenters. The second kappa shape index (κ2) is 5.19. The average Bonchev–Trinajstić information content (AvgIpc) is 2.74. The van der Waals surface area contributed by atoms with E-state index in [4.69, 9.17) is 11.0 Å². The first-order valence-corrected chi connectivity index (χ1v) is 6.42. The maximum atomic E-state index is 11.4. The lowest BCUT2D eigenvalue weighted by Crippen LogP contribution is -2.28. The number of benzene rings is 1. The summed E-state index contributed by atoms with van der Waals surface area (Å²) < 4.78 is 0. The highest BCUT2D eigenvalue weighted by atomic mass is 16.1. The van der Waals surface area contributed by atoms with E-state index in [1.165, 1.54) is 0 Å². The van der Waals surface area contributed by atoms with Crippen LogP contribution in [0.2, 0.25) is 0 Å². The third kappa shape index (κ3) is 2.63. The number of nitrogen functional groups attached to an aromatic ring is 1. The summed E-state index contributed by atoms with van der Waals surface area (Å²) in [4.78, 5) is 13.4. The molecule has 0 bridgehead atoms. The fourth-order valence-corrected chi connectivity index (χ4v) is 2.33. The summed E-state index contributed by atoms with van der Waals surface area (Å²) in [7, 11) is 0. The number of fused-ring (bicyclic) bond motifs is 1. The van der Waals surface area contributed by atoms with E-state index in [-0.39, 0.29) is 11.8 Å². The number of amides is 1. The highest BCUT2D eigenvalue weighted by molar-refractivity contribution is 6.00. The second-order valence-electron chi connectivity index (χ2n) is 4.86. The van der Waals surface area contributed by atoms with Crippen molar-refractivity contribution in [3.8, 4) is 6.07 Å². The SMILES string of the molecule is CCN(CC(C)C#N)c1cc2c(cc1N)CC(=O)N2. The summed E-state index contributed by atoms with van der Waals surface area (Å²) in [5.41, 5.74) is 9.38. The molecule has 0 spiro atoms. The van der Waals surface area contributed by atoms with Crippen LogP contribution in [0.5, 0.6) is 0 Å². The minimum absolute atomic E-state index is 0.00000798. The van der Waals surface area contributed by atoms with Gasteiger partial charge in [0.15, 0.2) is 0 Å². The Balaban J connectivity index is 2.31. The molecule has 2 rings (SSSR count). The first kappa shape index (κ1) is 13.2. The fraction of sp³-hybridized carbons (Fsp3) is 0.429. The quantitative estimate of drug-likeness (QED) is 0.806. The van der Waals surface area contributed by atoms with Crippen LogP contribution in [0.4, 0.5) is 17.1 Å². The lowest BCUT2D eigenvalue weighted by molar-refractivity contribution is -0.115. The van der Waals surface area contributed by atoms with E-state index in [0.717, 1.165) is 23.5 Å². The lowest BCUT2D eigenvalue weighted by atomic mass is 10.1. The number of nitrogens with zero attached hydrogens (tertiary/aromatic N) is 2. The molecule has 5 nitrogen and oxygen atoms in total. The van der Waals surface area contributed by atoms with Crippen LogP contribution in [0.3, 0.4) is 0 Å². The van der Waals surface area contributed by atoms with Gasteiger partial charge in [-0.25, -0.2) is 0 Å². The highest BCUT2D eigenvalue weighted by Crippen LogP contribution is 2.33. The van der Waals surface area contributed by atoms with E-state index in [9.17, 15) is 4.79 Å². The van der Waals surface area contributed by atoms with Crippen molar-refractivity contribution >= 4 is 23.0 Å². The van der Waals surface area contributed by atoms with Crippen LogP contribution < -0.4 is 16.0 Å². The van der Waals surface area contributed by atoms with Gasteiger partial charge in [0.05, 0.1) is 29.8 Å². The van der Waals surface area contributed by atoms with E-state index in [0.29, 0.717) is 18.7 Å². The van der Waals surface area contributed by atoms with Gasteiger partial charge in [-0.1, -0.05) is 0 Å². The lowest BCUT2D eigenvalue weighted by Gasteiger charge is -2.26. The predicted molar refractivity (Wildman–Crippen MR) is 75.9 cm³/mol. The molecule has 1 aromatic rings. The molecule has 19 heavy (non-hydrogen) atoms. The smallest absolute Gasteiger partial charge is 0.228 e. The summed E-state index contributed by atoms with van der Waals surface area (Å²) in [6.07, 6.45) is 0.389. The van der Waals surface area contributed by atoms with E-state index in [2.05, 4.69) is 16.3 Å². The van der Waals surface area contributed by atoms with Crippen LogP contribution in [-0.2, 0) is 11.2 Å². The van der Waals surface area contributed by atoms with Crippen LogP contribution in [0.1, 0.15) is 19.4 Å². The molecule has 1 aromatic carbocycles. The van der Waals surface area contributed by atoms with Gasteiger partial charge in [0.2, 0.25) is 5.91 Å². The third-order valence-corrected chi connectivity index (χ3v) is 3.31. The maximum Gasteiger partial charge on any atom is 0.228 e. The first-order chi connectivity index (χ1) is 9.05. The number of carbonyl (C=O) groups excluding carboxylic acids is 1. The van der Waals surface area contributed by atoms with Gasteiger partial charge in [0.25, 0.3) is 0 Å². The van der Waals surface area contributed by atoms with E-state index in [1.54, 1.807) is 0 Å². The zero-order valence-electron chi connectivity index (χ0n) is 11.2. The Bertz CT molecular complexity index is 547. The molecule has 1 heterocycles. The van der Waals surface area contributed by atoms with Crippen molar-refractivity contribution in [1.82, 2.24) is 0 Å². The molecule has 100 valence electrons. The minimum atomic E-state index is -0.0674. The van der Waals surface area contributed by atoms with E-state index in [1.807, 2.05) is 26.0 Å². The van der Waals surface area contributed by atoms with Gasteiger partial charge in [-0.15, -0.1) is 0 Å². The van der Waals surface area contributed by atoms with Gasteiger partial charge in [-0.3, -0.25) is 4.79 Å². The van der Waals surface area contributed by atoms with E-state index < -0.39 is 0 Å². The molecular formula is C14H18N4O. The van der Waals surface area contributed by atoms with Crippen molar-refractivity contribution in [3.05, 3.63) is 17.7 Å². The number of nitrogens with two attached hydrogens (primary N) is 1. The van der Waals surface area contributed by atoms with E-state index >= 15 is 0 Å². The Morgan fingerprint density at radius 2 is 2.32 bits per heavy atom. The van der Waals surface area contributed by atoms with Gasteiger partial charge in [0.1, 0.15) is 0 Å². The Hall–Kier alpha value is -2.22. The highest BCUT2D eigenvalue weighted by Gasteiger charge is 2.21. The van der Waals surface area contributed by atoms with Crippen LogP contribution in [0.15, 0.2) is 12.1 Å². The number of hydrogen-bond donors (Lipinski definition) is 2. The fourth-order valence-electron chi connectivity index (χ4n) is 2.33. The van der Waals surface area contributed by atoms with Gasteiger partial charge in [-0.05, 0) is 31.5 Å². The first-order valence-electron chi connectivity index (χ1n) is 6.42. The van der Waals surface area contributed by atoms with Crippen molar-refractivity contribution in [2.24, 2.45) is 5.92 Å². The molecule has 1 unspecified atom stereocenters. The molecule has 1 amide bonds. The molecule has 0 fully saturated rings. The van der Waals surface area contributed by atoms with Crippen molar-refractivity contribution in [2.75, 3.05) is 29.0 Å². The molecule has 3 N–H and O–H groups in total. The molecule has 0 saturated carbocycles. The number of carbonyl (C=O) groups is 1. The van der Waals surface area contributed by atoms with Gasteiger partial charge >= 0.3 is 0 Å². The monoisotopic (exact) mass is 258 g/mol. The summed E-state index contributed by atoms with van der Waals surface area (Å²) >= 11 is 0. The predicted octanol–water partition coefficient (Wildman–Crippen LogP) is 1.75. The van der Waals surface area contributed by atoms with Gasteiger partial charge in [0, 0.05) is 18.8 Å². The molecule has 0 aromatic heterocycles. The maximum absolute atomic E-state index is 11.4. The Morgan fingerprint density at radius 3 is 2.95 bits per heavy atom. The standard InChI is InChI=1S/C14H18N4O/c1-3-18(8-9(2)7-15)13-6-12-10(4-11(13)16)5-14(19)17-12/h4,6,9H,3,5,8,16H2,1-2H3,(H,17,19). The van der Waals surface area contributed by atoms with Crippen LogP contribution in [-0.4, -0.2) is 19.0 Å². The third-order valence-electron chi connectivity index (χ3n) is 3.31. The molecule has 1 aliphatic rings.